The van der Waals surface area contributed by atoms with Gasteiger partial charge in [-0.1, -0.05) is 351 Å². The van der Waals surface area contributed by atoms with Crippen LogP contribution in [0.5, 0.6) is 0 Å². The maximum absolute atomic E-state index is 13.1. The summed E-state index contributed by atoms with van der Waals surface area (Å²) in [6, 6.07) is -0.806. The first-order valence-electron chi connectivity index (χ1n) is 40.9. The zero-order valence-electron chi connectivity index (χ0n) is 61.7. The Bertz CT molecular complexity index is 1700. The molecule has 0 saturated carbocycles. The van der Waals surface area contributed by atoms with E-state index in [0.717, 1.165) is 64.2 Å². The summed E-state index contributed by atoms with van der Waals surface area (Å²) in [6.07, 6.45) is 85.9. The summed E-state index contributed by atoms with van der Waals surface area (Å²) < 4.78 is 16.8. The molecule has 1 rings (SSSR count). The van der Waals surface area contributed by atoms with Crippen molar-refractivity contribution in [3.63, 3.8) is 0 Å². The number of rotatable bonds is 73. The van der Waals surface area contributed by atoms with Gasteiger partial charge in [0.2, 0.25) is 5.91 Å². The Kier molecular flexibility index (Phi) is 68.5. The van der Waals surface area contributed by atoms with Gasteiger partial charge in [0.15, 0.2) is 6.29 Å². The summed E-state index contributed by atoms with van der Waals surface area (Å²) in [5.74, 6) is -0.173. The van der Waals surface area contributed by atoms with E-state index in [1.54, 1.807) is 6.08 Å². The number of carbonyl (C=O) groups excluding carboxylic acids is 2. The van der Waals surface area contributed by atoms with Crippen molar-refractivity contribution in [2.75, 3.05) is 19.8 Å². The molecule has 552 valence electrons. The van der Waals surface area contributed by atoms with Crippen molar-refractivity contribution >= 4 is 11.9 Å². The first-order valence-corrected chi connectivity index (χ1v) is 40.9. The SMILES string of the molecule is CCCCCC/C=C\C/C=C\CCCCCCCC(=O)OCCCCCCCCCCCCCCCCCCCC/C=C\CCCCCCCCCCCCCCCCCCCC(=O)NC(COC1OC(CO)C(O)C(O)C1O)C(O)/C=C/CCCCCCCCCCC. The van der Waals surface area contributed by atoms with Gasteiger partial charge < -0.3 is 45.1 Å². The number of aliphatic hydroxyl groups excluding tert-OH is 5. The number of nitrogens with one attached hydrogen (secondary N) is 1. The van der Waals surface area contributed by atoms with E-state index >= 15 is 0 Å². The average molecular weight is 1330 g/mol. The Morgan fingerprint density at radius 1 is 0.394 bits per heavy atom. The van der Waals surface area contributed by atoms with Crippen molar-refractivity contribution in [3.05, 3.63) is 48.6 Å². The highest BCUT2D eigenvalue weighted by Crippen LogP contribution is 2.24. The number of hydrogen-bond donors (Lipinski definition) is 6. The van der Waals surface area contributed by atoms with Crippen LogP contribution in [0.15, 0.2) is 48.6 Å². The number of esters is 1. The Morgan fingerprint density at radius 3 is 1.10 bits per heavy atom. The highest BCUT2D eigenvalue weighted by Gasteiger charge is 2.44. The molecule has 0 aliphatic carbocycles. The van der Waals surface area contributed by atoms with Gasteiger partial charge in [-0.2, -0.15) is 0 Å². The van der Waals surface area contributed by atoms with Crippen LogP contribution in [0.4, 0.5) is 0 Å². The van der Waals surface area contributed by atoms with Gasteiger partial charge in [-0.25, -0.2) is 0 Å². The van der Waals surface area contributed by atoms with Crippen LogP contribution in [-0.2, 0) is 23.8 Å². The molecule has 6 N–H and O–H groups in total. The van der Waals surface area contributed by atoms with Crippen LogP contribution in [0.1, 0.15) is 406 Å². The molecule has 1 aliphatic rings. The Hall–Kier alpha value is -2.38. The van der Waals surface area contributed by atoms with Crippen LogP contribution in [0.25, 0.3) is 0 Å². The number of carbonyl (C=O) groups is 2. The zero-order valence-corrected chi connectivity index (χ0v) is 61.7. The van der Waals surface area contributed by atoms with E-state index in [1.807, 2.05) is 6.08 Å². The second-order valence-corrected chi connectivity index (χ2v) is 28.5. The summed E-state index contributed by atoms with van der Waals surface area (Å²) in [5, 5.41) is 54.5. The minimum absolute atomic E-state index is 0.00361. The molecule has 7 atom stereocenters. The second-order valence-electron chi connectivity index (χ2n) is 28.5. The van der Waals surface area contributed by atoms with Crippen molar-refractivity contribution in [2.45, 2.75) is 448 Å². The largest absolute Gasteiger partial charge is 0.466 e. The van der Waals surface area contributed by atoms with Gasteiger partial charge in [0.05, 0.1) is 32.0 Å². The molecular weight excluding hydrogens is 1170 g/mol. The molecule has 0 spiro atoms. The standard InChI is InChI=1S/C83H155NO10/c1-3-5-7-9-11-13-15-16-17-44-47-51-55-59-63-67-71-79(88)92-72-68-64-60-56-52-48-45-42-40-38-36-34-32-30-28-26-24-22-20-18-19-21-23-25-27-29-31-33-35-37-39-41-43-46-50-54-58-62-66-70-78(87)84-75(74-93-83-82(91)81(90)80(89)77(73-85)94-83)76(86)69-65-61-57-53-49-14-12-10-8-6-4-2/h13,15,17-19,44,65,69,75-77,80-83,85-86,89-91H,3-12,14,16,20-43,45-64,66-68,70-74H2,1-2H3,(H,84,87)/b15-13-,19-18-,44-17-,69-65+. The Balaban J connectivity index is 1.86. The minimum atomic E-state index is -1.57. The van der Waals surface area contributed by atoms with E-state index in [1.165, 1.54) is 315 Å². The molecular formula is C83H155NO10. The van der Waals surface area contributed by atoms with E-state index in [-0.39, 0.29) is 18.5 Å². The van der Waals surface area contributed by atoms with Crippen LogP contribution < -0.4 is 5.32 Å². The summed E-state index contributed by atoms with van der Waals surface area (Å²) in [5.41, 5.74) is 0. The number of aliphatic hydroxyl groups is 5. The van der Waals surface area contributed by atoms with Crippen molar-refractivity contribution in [1.29, 1.82) is 0 Å². The Morgan fingerprint density at radius 2 is 0.713 bits per heavy atom. The minimum Gasteiger partial charge on any atom is -0.466 e. The van der Waals surface area contributed by atoms with Crippen LogP contribution in [0.2, 0.25) is 0 Å². The number of amides is 1. The van der Waals surface area contributed by atoms with Crippen molar-refractivity contribution in [2.24, 2.45) is 0 Å². The molecule has 0 aromatic heterocycles. The summed E-state index contributed by atoms with van der Waals surface area (Å²) in [4.78, 5) is 25.2. The summed E-state index contributed by atoms with van der Waals surface area (Å²) in [7, 11) is 0. The van der Waals surface area contributed by atoms with E-state index < -0.39 is 49.5 Å². The summed E-state index contributed by atoms with van der Waals surface area (Å²) >= 11 is 0. The second kappa shape index (κ2) is 71.9. The van der Waals surface area contributed by atoms with Gasteiger partial charge >= 0.3 is 5.97 Å². The number of ether oxygens (including phenoxy) is 3. The average Bonchev–Trinajstić information content (AvgIpc) is 0.905. The van der Waals surface area contributed by atoms with Gasteiger partial charge in [0, 0.05) is 12.8 Å². The molecule has 1 fully saturated rings. The van der Waals surface area contributed by atoms with Gasteiger partial charge in [-0.3, -0.25) is 9.59 Å². The molecule has 0 aromatic carbocycles. The van der Waals surface area contributed by atoms with Crippen LogP contribution in [-0.4, -0.2) is 100 Å². The highest BCUT2D eigenvalue weighted by atomic mass is 16.7. The molecule has 11 heteroatoms. The fourth-order valence-electron chi connectivity index (χ4n) is 13.0. The maximum atomic E-state index is 13.1. The first kappa shape index (κ1) is 89.6. The lowest BCUT2D eigenvalue weighted by molar-refractivity contribution is -0.302. The molecule has 0 bridgehead atoms. The van der Waals surface area contributed by atoms with Gasteiger partial charge in [0.1, 0.15) is 24.4 Å². The topological polar surface area (TPSA) is 175 Å². The van der Waals surface area contributed by atoms with Crippen molar-refractivity contribution in [1.82, 2.24) is 5.32 Å². The zero-order chi connectivity index (χ0) is 67.9. The summed E-state index contributed by atoms with van der Waals surface area (Å²) in [6.45, 7) is 4.36. The van der Waals surface area contributed by atoms with Crippen molar-refractivity contribution in [3.8, 4) is 0 Å². The van der Waals surface area contributed by atoms with Crippen LogP contribution in [0, 0.1) is 0 Å². The van der Waals surface area contributed by atoms with Crippen LogP contribution in [0.3, 0.4) is 0 Å². The predicted octanol–water partition coefficient (Wildman–Crippen LogP) is 22.3. The normalized spacial score (nSPS) is 17.6. The predicted molar refractivity (Wildman–Crippen MR) is 398 cm³/mol. The number of hydrogen-bond acceptors (Lipinski definition) is 10. The molecule has 0 radical (unpaired) electrons. The highest BCUT2D eigenvalue weighted by molar-refractivity contribution is 5.76. The Labute approximate surface area is 580 Å². The third kappa shape index (κ3) is 59.7. The van der Waals surface area contributed by atoms with E-state index in [2.05, 4.69) is 55.6 Å². The molecule has 1 saturated heterocycles. The fourth-order valence-corrected chi connectivity index (χ4v) is 13.0. The number of allylic oxidation sites excluding steroid dienone is 7. The number of unbranched alkanes of at least 4 members (excludes halogenated alkanes) is 53. The van der Waals surface area contributed by atoms with E-state index in [0.29, 0.717) is 19.4 Å². The lowest BCUT2D eigenvalue weighted by Crippen LogP contribution is -2.60. The molecule has 94 heavy (non-hydrogen) atoms. The van der Waals surface area contributed by atoms with E-state index in [4.69, 9.17) is 14.2 Å². The molecule has 0 aromatic rings. The maximum Gasteiger partial charge on any atom is 0.305 e. The van der Waals surface area contributed by atoms with E-state index in [9.17, 15) is 35.1 Å². The third-order valence-corrected chi connectivity index (χ3v) is 19.4. The lowest BCUT2D eigenvalue weighted by atomic mass is 9.99. The fraction of sp³-hybridized carbons (Fsp3) is 0.880. The van der Waals surface area contributed by atoms with Crippen molar-refractivity contribution < 1.29 is 49.3 Å². The molecule has 7 unspecified atom stereocenters. The van der Waals surface area contributed by atoms with Gasteiger partial charge in [-0.05, 0) is 89.9 Å². The van der Waals surface area contributed by atoms with Gasteiger partial charge in [-0.15, -0.1) is 0 Å². The smallest absolute Gasteiger partial charge is 0.305 e. The monoisotopic (exact) mass is 1330 g/mol. The van der Waals surface area contributed by atoms with Gasteiger partial charge in [0.25, 0.3) is 0 Å². The lowest BCUT2D eigenvalue weighted by Gasteiger charge is -2.40. The molecule has 1 heterocycles. The molecule has 1 amide bonds. The first-order chi connectivity index (χ1) is 46.2. The van der Waals surface area contributed by atoms with Crippen LogP contribution >= 0.6 is 0 Å². The molecule has 1 aliphatic heterocycles. The molecule has 11 nitrogen and oxygen atoms in total. The third-order valence-electron chi connectivity index (χ3n) is 19.4. The quantitative estimate of drug-likeness (QED) is 0.0195.